The molecule has 0 bridgehead atoms. The lowest BCUT2D eigenvalue weighted by molar-refractivity contribution is 0.110. The molecule has 0 amide bonds. The summed E-state index contributed by atoms with van der Waals surface area (Å²) in [6.45, 7) is 4.90. The fraction of sp³-hybridized carbons (Fsp3) is 0.688. The molecule has 2 fully saturated rings. The van der Waals surface area contributed by atoms with Crippen molar-refractivity contribution < 1.29 is 4.42 Å². The van der Waals surface area contributed by atoms with E-state index >= 15 is 0 Å². The van der Waals surface area contributed by atoms with E-state index in [9.17, 15) is 0 Å². The van der Waals surface area contributed by atoms with Gasteiger partial charge in [0.25, 0.3) is 0 Å². The Balaban J connectivity index is 1.42. The van der Waals surface area contributed by atoms with Crippen molar-refractivity contribution >= 4 is 0 Å². The van der Waals surface area contributed by atoms with Gasteiger partial charge in [0.15, 0.2) is 0 Å². The summed E-state index contributed by atoms with van der Waals surface area (Å²) in [4.78, 5) is 2.48. The Morgan fingerprint density at radius 1 is 1.23 bits per heavy atom. The second-order valence-corrected chi connectivity index (χ2v) is 6.67. The number of hydrogen-bond donors (Lipinski definition) is 0. The molecule has 1 aliphatic heterocycles. The first-order chi connectivity index (χ1) is 10.8. The number of aryl methyl sites for hydroxylation is 1. The van der Waals surface area contributed by atoms with Gasteiger partial charge in [-0.1, -0.05) is 6.42 Å². The Hall–Kier alpha value is -1.69. The van der Waals surface area contributed by atoms with Crippen LogP contribution in [0.2, 0.25) is 0 Å². The molecule has 0 aromatic carbocycles. The van der Waals surface area contributed by atoms with Gasteiger partial charge in [-0.15, -0.1) is 10.2 Å². The predicted molar refractivity (Wildman–Crippen MR) is 81.3 cm³/mol. The molecule has 0 radical (unpaired) electrons. The molecule has 1 saturated heterocycles. The highest BCUT2D eigenvalue weighted by molar-refractivity contribution is 5.01. The van der Waals surface area contributed by atoms with Crippen LogP contribution in [-0.2, 0) is 13.1 Å². The van der Waals surface area contributed by atoms with Crippen LogP contribution in [0.4, 0.5) is 0 Å². The first-order valence-corrected chi connectivity index (χ1v) is 8.33. The molecular weight excluding hydrogens is 278 g/mol. The van der Waals surface area contributed by atoms with Crippen molar-refractivity contribution in [2.75, 3.05) is 6.54 Å². The maximum absolute atomic E-state index is 5.83. The molecule has 4 rings (SSSR count). The van der Waals surface area contributed by atoms with E-state index in [0.29, 0.717) is 12.0 Å². The van der Waals surface area contributed by atoms with Crippen LogP contribution in [-0.4, -0.2) is 37.5 Å². The van der Waals surface area contributed by atoms with E-state index < -0.39 is 0 Å². The second kappa shape index (κ2) is 5.83. The molecule has 0 unspecified atom stereocenters. The molecule has 0 N–H and O–H groups in total. The molecule has 118 valence electrons. The van der Waals surface area contributed by atoms with Gasteiger partial charge in [0, 0.05) is 18.2 Å². The lowest BCUT2D eigenvalue weighted by Gasteiger charge is -2.34. The quantitative estimate of drug-likeness (QED) is 0.849. The summed E-state index contributed by atoms with van der Waals surface area (Å²) < 4.78 is 7.88. The Morgan fingerprint density at radius 3 is 2.91 bits per heavy atom. The second-order valence-electron chi connectivity index (χ2n) is 6.67. The van der Waals surface area contributed by atoms with E-state index in [1.165, 1.54) is 37.7 Å². The van der Waals surface area contributed by atoms with Crippen molar-refractivity contribution in [2.24, 2.45) is 0 Å². The highest BCUT2D eigenvalue weighted by Gasteiger charge is 2.30. The third kappa shape index (κ3) is 3.06. The predicted octanol–water partition coefficient (Wildman–Crippen LogP) is 2.51. The number of rotatable bonds is 5. The van der Waals surface area contributed by atoms with Gasteiger partial charge < -0.3 is 4.42 Å². The van der Waals surface area contributed by atoms with Crippen LogP contribution in [0.25, 0.3) is 0 Å². The molecule has 3 heterocycles. The monoisotopic (exact) mass is 301 g/mol. The minimum absolute atomic E-state index is 0.504. The van der Waals surface area contributed by atoms with Crippen molar-refractivity contribution in [2.45, 2.75) is 64.1 Å². The SMILES string of the molecule is Cc1cnn(C[C@@H]2CCCCN2Cc2nnc(C3CC3)o2)c1. The van der Waals surface area contributed by atoms with Gasteiger partial charge in [-0.05, 0) is 44.7 Å². The maximum Gasteiger partial charge on any atom is 0.230 e. The summed E-state index contributed by atoms with van der Waals surface area (Å²) in [5.41, 5.74) is 1.22. The number of aromatic nitrogens is 4. The summed E-state index contributed by atoms with van der Waals surface area (Å²) in [6.07, 6.45) is 10.2. The zero-order chi connectivity index (χ0) is 14.9. The topological polar surface area (TPSA) is 60.0 Å². The standard InChI is InChI=1S/C16H23N5O/c1-12-8-17-21(9-12)10-14-4-2-3-7-20(14)11-15-18-19-16(22-15)13-5-6-13/h8-9,13-14H,2-7,10-11H2,1H3/t14-/m0/s1. The summed E-state index contributed by atoms with van der Waals surface area (Å²) in [5.74, 6) is 2.14. The normalized spacial score (nSPS) is 23.0. The van der Waals surface area contributed by atoms with Gasteiger partial charge in [-0.3, -0.25) is 9.58 Å². The molecular formula is C16H23N5O. The van der Waals surface area contributed by atoms with Gasteiger partial charge >= 0.3 is 0 Å². The number of piperidine rings is 1. The van der Waals surface area contributed by atoms with Crippen LogP contribution >= 0.6 is 0 Å². The van der Waals surface area contributed by atoms with E-state index in [1.54, 1.807) is 0 Å². The third-order valence-electron chi connectivity index (χ3n) is 4.66. The number of nitrogens with zero attached hydrogens (tertiary/aromatic N) is 5. The Labute approximate surface area is 130 Å². The van der Waals surface area contributed by atoms with E-state index in [0.717, 1.165) is 31.4 Å². The largest absolute Gasteiger partial charge is 0.424 e. The van der Waals surface area contributed by atoms with Crippen molar-refractivity contribution in [3.8, 4) is 0 Å². The van der Waals surface area contributed by atoms with E-state index in [2.05, 4.69) is 38.0 Å². The van der Waals surface area contributed by atoms with E-state index in [4.69, 9.17) is 4.42 Å². The van der Waals surface area contributed by atoms with Crippen LogP contribution < -0.4 is 0 Å². The lowest BCUT2D eigenvalue weighted by atomic mass is 10.0. The highest BCUT2D eigenvalue weighted by Crippen LogP contribution is 2.39. The van der Waals surface area contributed by atoms with Crippen LogP contribution in [0.3, 0.4) is 0 Å². The van der Waals surface area contributed by atoms with Crippen LogP contribution in [0, 0.1) is 6.92 Å². The molecule has 1 atom stereocenters. The van der Waals surface area contributed by atoms with Crippen molar-refractivity contribution in [3.05, 3.63) is 29.7 Å². The van der Waals surface area contributed by atoms with Crippen molar-refractivity contribution in [1.29, 1.82) is 0 Å². The minimum atomic E-state index is 0.504. The van der Waals surface area contributed by atoms with Crippen LogP contribution in [0.5, 0.6) is 0 Å². The fourth-order valence-electron chi connectivity index (χ4n) is 3.26. The van der Waals surface area contributed by atoms with Crippen molar-refractivity contribution in [1.82, 2.24) is 24.9 Å². The molecule has 2 aromatic heterocycles. The Morgan fingerprint density at radius 2 is 2.14 bits per heavy atom. The fourth-order valence-corrected chi connectivity index (χ4v) is 3.26. The average Bonchev–Trinajstić information content (AvgIpc) is 3.13. The van der Waals surface area contributed by atoms with Gasteiger partial charge in [-0.2, -0.15) is 5.10 Å². The lowest BCUT2D eigenvalue weighted by Crippen LogP contribution is -2.41. The third-order valence-corrected chi connectivity index (χ3v) is 4.66. The Bertz CT molecular complexity index is 630. The number of hydrogen-bond acceptors (Lipinski definition) is 5. The molecule has 0 spiro atoms. The summed E-state index contributed by atoms with van der Waals surface area (Å²) in [5, 5.41) is 12.9. The van der Waals surface area contributed by atoms with Crippen LogP contribution in [0.1, 0.15) is 55.4 Å². The summed E-state index contributed by atoms with van der Waals surface area (Å²) in [6, 6.07) is 0.504. The van der Waals surface area contributed by atoms with Gasteiger partial charge in [0.05, 0.1) is 19.3 Å². The maximum atomic E-state index is 5.83. The van der Waals surface area contributed by atoms with E-state index in [1.807, 2.05) is 6.20 Å². The van der Waals surface area contributed by atoms with E-state index in [-0.39, 0.29) is 0 Å². The molecule has 6 heteroatoms. The smallest absolute Gasteiger partial charge is 0.230 e. The molecule has 2 aliphatic rings. The average molecular weight is 301 g/mol. The zero-order valence-electron chi connectivity index (χ0n) is 13.1. The Kier molecular flexibility index (Phi) is 3.70. The first-order valence-electron chi connectivity index (χ1n) is 8.33. The van der Waals surface area contributed by atoms with Crippen molar-refractivity contribution in [3.63, 3.8) is 0 Å². The van der Waals surface area contributed by atoms with Gasteiger partial charge in [0.2, 0.25) is 11.8 Å². The van der Waals surface area contributed by atoms with Crippen LogP contribution in [0.15, 0.2) is 16.8 Å². The minimum Gasteiger partial charge on any atom is -0.424 e. The van der Waals surface area contributed by atoms with Gasteiger partial charge in [-0.25, -0.2) is 0 Å². The number of likely N-dealkylation sites (tertiary alicyclic amines) is 1. The summed E-state index contributed by atoms with van der Waals surface area (Å²) >= 11 is 0. The molecule has 1 saturated carbocycles. The van der Waals surface area contributed by atoms with Gasteiger partial charge in [0.1, 0.15) is 0 Å². The molecule has 6 nitrogen and oxygen atoms in total. The highest BCUT2D eigenvalue weighted by atomic mass is 16.4. The molecule has 1 aliphatic carbocycles. The first kappa shape index (κ1) is 13.9. The zero-order valence-corrected chi connectivity index (χ0v) is 13.1. The summed E-state index contributed by atoms with van der Waals surface area (Å²) in [7, 11) is 0. The molecule has 22 heavy (non-hydrogen) atoms. The molecule has 2 aromatic rings.